The van der Waals surface area contributed by atoms with Crippen molar-refractivity contribution in [3.05, 3.63) is 54.1 Å². The minimum absolute atomic E-state index is 0.258. The first-order valence-electron chi connectivity index (χ1n) is 6.59. The predicted molar refractivity (Wildman–Crippen MR) is 74.3 cm³/mol. The molecule has 2 heterocycles. The van der Waals surface area contributed by atoms with Crippen molar-refractivity contribution < 1.29 is 0 Å². The maximum absolute atomic E-state index is 6.01. The summed E-state index contributed by atoms with van der Waals surface area (Å²) < 4.78 is 2.28. The van der Waals surface area contributed by atoms with E-state index in [0.29, 0.717) is 0 Å². The van der Waals surface area contributed by atoms with E-state index < -0.39 is 0 Å². The van der Waals surface area contributed by atoms with Crippen LogP contribution in [-0.4, -0.2) is 15.6 Å². The van der Waals surface area contributed by atoms with Crippen LogP contribution in [0.4, 0.5) is 0 Å². The smallest absolute Gasteiger partial charge is 0.0421 e. The molecule has 2 aromatic heterocycles. The van der Waals surface area contributed by atoms with Crippen LogP contribution in [-0.2, 0) is 19.4 Å². The lowest BCUT2D eigenvalue weighted by atomic mass is 10.1. The van der Waals surface area contributed by atoms with Gasteiger partial charge in [-0.3, -0.25) is 4.98 Å². The molecule has 3 nitrogen and oxygen atoms in total. The van der Waals surface area contributed by atoms with Crippen LogP contribution in [0.3, 0.4) is 0 Å². The molecule has 0 saturated carbocycles. The van der Waals surface area contributed by atoms with Gasteiger partial charge in [0.1, 0.15) is 0 Å². The quantitative estimate of drug-likeness (QED) is 0.846. The van der Waals surface area contributed by atoms with Crippen molar-refractivity contribution in [2.45, 2.75) is 38.8 Å². The van der Waals surface area contributed by atoms with E-state index >= 15 is 0 Å². The molecule has 3 heteroatoms. The van der Waals surface area contributed by atoms with Gasteiger partial charge in [0.15, 0.2) is 0 Å². The maximum Gasteiger partial charge on any atom is 0.0421 e. The van der Waals surface area contributed by atoms with E-state index in [4.69, 9.17) is 5.73 Å². The summed E-state index contributed by atoms with van der Waals surface area (Å²) in [6, 6.07) is 10.6. The van der Waals surface area contributed by atoms with Crippen LogP contribution < -0.4 is 5.73 Å². The van der Waals surface area contributed by atoms with Crippen molar-refractivity contribution in [2.24, 2.45) is 5.73 Å². The van der Waals surface area contributed by atoms with Crippen molar-refractivity contribution in [2.75, 3.05) is 0 Å². The van der Waals surface area contributed by atoms with Gasteiger partial charge in [0.25, 0.3) is 0 Å². The molecule has 0 aliphatic rings. The molecule has 2 rings (SSSR count). The standard InChI is InChI=1S/C15H21N3/c1-2-13(16)12-15-7-5-10-18(15)11-8-14-6-3-4-9-17-14/h3-7,9-10,13H,2,8,11-12,16H2,1H3. The van der Waals surface area contributed by atoms with Gasteiger partial charge in [-0.25, -0.2) is 0 Å². The molecular formula is C15H21N3. The van der Waals surface area contributed by atoms with Crippen molar-refractivity contribution >= 4 is 0 Å². The van der Waals surface area contributed by atoms with Crippen LogP contribution in [0.15, 0.2) is 42.7 Å². The van der Waals surface area contributed by atoms with Gasteiger partial charge in [-0.1, -0.05) is 13.0 Å². The van der Waals surface area contributed by atoms with Crippen LogP contribution in [0.1, 0.15) is 24.7 Å². The van der Waals surface area contributed by atoms with Crippen LogP contribution in [0, 0.1) is 0 Å². The van der Waals surface area contributed by atoms with Gasteiger partial charge in [0.2, 0.25) is 0 Å². The largest absolute Gasteiger partial charge is 0.351 e. The fraction of sp³-hybridized carbons (Fsp3) is 0.400. The highest BCUT2D eigenvalue weighted by molar-refractivity contribution is 5.10. The number of aryl methyl sites for hydroxylation is 2. The van der Waals surface area contributed by atoms with E-state index in [-0.39, 0.29) is 6.04 Å². The lowest BCUT2D eigenvalue weighted by Crippen LogP contribution is -2.23. The Bertz CT molecular complexity index is 462. The Kier molecular flexibility index (Phi) is 4.53. The molecule has 0 spiro atoms. The molecule has 1 atom stereocenters. The van der Waals surface area contributed by atoms with E-state index in [9.17, 15) is 0 Å². The van der Waals surface area contributed by atoms with Gasteiger partial charge in [0, 0.05) is 49.2 Å². The van der Waals surface area contributed by atoms with Crippen molar-refractivity contribution in [3.63, 3.8) is 0 Å². The Hall–Kier alpha value is -1.61. The first-order chi connectivity index (χ1) is 8.79. The monoisotopic (exact) mass is 243 g/mol. The number of nitrogens with zero attached hydrogens (tertiary/aromatic N) is 2. The molecule has 0 aliphatic carbocycles. The van der Waals surface area contributed by atoms with Gasteiger partial charge < -0.3 is 10.3 Å². The number of pyridine rings is 1. The summed E-state index contributed by atoms with van der Waals surface area (Å²) in [6.07, 6.45) is 6.90. The minimum Gasteiger partial charge on any atom is -0.351 e. The molecular weight excluding hydrogens is 222 g/mol. The van der Waals surface area contributed by atoms with E-state index in [1.807, 2.05) is 18.3 Å². The normalized spacial score (nSPS) is 12.6. The van der Waals surface area contributed by atoms with Gasteiger partial charge in [-0.05, 0) is 30.7 Å². The van der Waals surface area contributed by atoms with Crippen molar-refractivity contribution in [3.8, 4) is 0 Å². The summed E-state index contributed by atoms with van der Waals surface area (Å²) in [7, 11) is 0. The zero-order valence-corrected chi connectivity index (χ0v) is 10.9. The van der Waals surface area contributed by atoms with Gasteiger partial charge >= 0.3 is 0 Å². The Morgan fingerprint density at radius 3 is 2.89 bits per heavy atom. The Labute approximate surface area is 109 Å². The fourth-order valence-corrected chi connectivity index (χ4v) is 2.05. The highest BCUT2D eigenvalue weighted by atomic mass is 15.0. The van der Waals surface area contributed by atoms with E-state index in [2.05, 4.69) is 40.9 Å². The second-order valence-electron chi connectivity index (χ2n) is 4.64. The number of aromatic nitrogens is 2. The first kappa shape index (κ1) is 12.8. The first-order valence-corrected chi connectivity index (χ1v) is 6.59. The van der Waals surface area contributed by atoms with Gasteiger partial charge in [0.05, 0.1) is 0 Å². The fourth-order valence-electron chi connectivity index (χ4n) is 2.05. The Balaban J connectivity index is 1.95. The molecule has 0 saturated heterocycles. The molecule has 0 bridgehead atoms. The average molecular weight is 243 g/mol. The van der Waals surface area contributed by atoms with Crippen LogP contribution in [0.25, 0.3) is 0 Å². The number of rotatable bonds is 6. The van der Waals surface area contributed by atoms with E-state index in [1.54, 1.807) is 0 Å². The third-order valence-electron chi connectivity index (χ3n) is 3.25. The van der Waals surface area contributed by atoms with Crippen LogP contribution in [0.2, 0.25) is 0 Å². The molecule has 2 N–H and O–H groups in total. The van der Waals surface area contributed by atoms with E-state index in [1.165, 1.54) is 5.69 Å². The molecule has 18 heavy (non-hydrogen) atoms. The third kappa shape index (κ3) is 3.44. The van der Waals surface area contributed by atoms with Gasteiger partial charge in [-0.15, -0.1) is 0 Å². The summed E-state index contributed by atoms with van der Waals surface area (Å²) in [5.41, 5.74) is 8.47. The summed E-state index contributed by atoms with van der Waals surface area (Å²) >= 11 is 0. The SMILES string of the molecule is CCC(N)Cc1cccn1CCc1ccccn1. The number of hydrogen-bond acceptors (Lipinski definition) is 2. The second-order valence-corrected chi connectivity index (χ2v) is 4.64. The number of hydrogen-bond donors (Lipinski definition) is 1. The molecule has 0 fully saturated rings. The van der Waals surface area contributed by atoms with Gasteiger partial charge in [-0.2, -0.15) is 0 Å². The van der Waals surface area contributed by atoms with Crippen molar-refractivity contribution in [1.82, 2.24) is 9.55 Å². The molecule has 96 valence electrons. The summed E-state index contributed by atoms with van der Waals surface area (Å²) in [6.45, 7) is 3.10. The topological polar surface area (TPSA) is 43.8 Å². The Morgan fingerprint density at radius 2 is 2.17 bits per heavy atom. The summed E-state index contributed by atoms with van der Waals surface area (Å²) in [5, 5.41) is 0. The zero-order chi connectivity index (χ0) is 12.8. The predicted octanol–water partition coefficient (Wildman–Crippen LogP) is 2.41. The molecule has 0 aliphatic heterocycles. The average Bonchev–Trinajstić information content (AvgIpc) is 2.84. The molecule has 0 amide bonds. The molecule has 2 aromatic rings. The molecule has 0 aromatic carbocycles. The van der Waals surface area contributed by atoms with E-state index in [0.717, 1.165) is 31.5 Å². The molecule has 1 unspecified atom stereocenters. The summed E-state index contributed by atoms with van der Waals surface area (Å²) in [5.74, 6) is 0. The lowest BCUT2D eigenvalue weighted by Gasteiger charge is -2.12. The highest BCUT2D eigenvalue weighted by Gasteiger charge is 2.06. The minimum atomic E-state index is 0.258. The third-order valence-corrected chi connectivity index (χ3v) is 3.25. The maximum atomic E-state index is 6.01. The Morgan fingerprint density at radius 1 is 1.28 bits per heavy atom. The van der Waals surface area contributed by atoms with Crippen LogP contribution >= 0.6 is 0 Å². The molecule has 0 radical (unpaired) electrons. The lowest BCUT2D eigenvalue weighted by molar-refractivity contribution is 0.589. The van der Waals surface area contributed by atoms with Crippen LogP contribution in [0.5, 0.6) is 0 Å². The van der Waals surface area contributed by atoms with Crippen molar-refractivity contribution in [1.29, 1.82) is 0 Å². The zero-order valence-electron chi connectivity index (χ0n) is 10.9. The second kappa shape index (κ2) is 6.36. The summed E-state index contributed by atoms with van der Waals surface area (Å²) in [4.78, 5) is 4.35. The number of nitrogens with two attached hydrogens (primary N) is 1. The highest BCUT2D eigenvalue weighted by Crippen LogP contribution is 2.08.